The van der Waals surface area contributed by atoms with Crippen LogP contribution in [0.3, 0.4) is 0 Å². The lowest BCUT2D eigenvalue weighted by Crippen LogP contribution is -2.20. The maximum Gasteiger partial charge on any atom is 0.178 e. The van der Waals surface area contributed by atoms with Gasteiger partial charge in [0.1, 0.15) is 0 Å². The molecule has 1 N–H and O–H groups in total. The second-order valence-corrected chi connectivity index (χ2v) is 6.02. The molecule has 0 amide bonds. The molecule has 1 aliphatic heterocycles. The highest BCUT2D eigenvalue weighted by atomic mass is 32.1. The number of para-hydroxylation sites is 1. The van der Waals surface area contributed by atoms with E-state index in [1.54, 1.807) is 0 Å². The Balaban J connectivity index is 1.88. The molecular formula is C16H17N3OS. The Morgan fingerprint density at radius 2 is 2.10 bits per heavy atom. The fourth-order valence-corrected chi connectivity index (χ4v) is 3.43. The maximum absolute atomic E-state index is 5.53. The Hall–Kier alpha value is -1.72. The van der Waals surface area contributed by atoms with Crippen LogP contribution >= 0.6 is 12.2 Å². The zero-order valence-corrected chi connectivity index (χ0v) is 12.5. The zero-order chi connectivity index (χ0) is 14.2. The molecule has 3 aromatic rings. The number of aromatic amines is 1. The minimum atomic E-state index is 0.636. The van der Waals surface area contributed by atoms with Gasteiger partial charge in [0.05, 0.1) is 22.7 Å². The summed E-state index contributed by atoms with van der Waals surface area (Å²) in [6, 6.07) is 8.24. The van der Waals surface area contributed by atoms with Crippen molar-refractivity contribution in [3.63, 3.8) is 0 Å². The molecule has 0 radical (unpaired) electrons. The van der Waals surface area contributed by atoms with Crippen molar-refractivity contribution in [2.75, 3.05) is 13.2 Å². The van der Waals surface area contributed by atoms with Gasteiger partial charge < -0.3 is 14.3 Å². The largest absolute Gasteiger partial charge is 0.381 e. The van der Waals surface area contributed by atoms with E-state index in [1.807, 2.05) is 18.3 Å². The van der Waals surface area contributed by atoms with Crippen molar-refractivity contribution >= 4 is 34.2 Å². The van der Waals surface area contributed by atoms with Crippen LogP contribution in [0.2, 0.25) is 0 Å². The van der Waals surface area contributed by atoms with Gasteiger partial charge in [-0.1, -0.05) is 18.2 Å². The molecular weight excluding hydrogens is 282 g/mol. The zero-order valence-electron chi connectivity index (χ0n) is 11.7. The Kier molecular flexibility index (Phi) is 3.24. The fourth-order valence-electron chi connectivity index (χ4n) is 3.15. The van der Waals surface area contributed by atoms with Crippen LogP contribution in [0.25, 0.3) is 21.9 Å². The number of hydrogen-bond donors (Lipinski definition) is 1. The summed E-state index contributed by atoms with van der Waals surface area (Å²) in [4.78, 5) is 7.79. The molecule has 0 saturated carbocycles. The van der Waals surface area contributed by atoms with Crippen molar-refractivity contribution < 1.29 is 4.74 Å². The number of nitrogens with one attached hydrogen (secondary N) is 1. The van der Waals surface area contributed by atoms with Crippen molar-refractivity contribution in [2.45, 2.75) is 19.4 Å². The Morgan fingerprint density at radius 3 is 2.95 bits per heavy atom. The molecule has 1 aromatic carbocycles. The minimum absolute atomic E-state index is 0.636. The van der Waals surface area contributed by atoms with E-state index in [2.05, 4.69) is 26.7 Å². The molecule has 0 aliphatic carbocycles. The molecule has 0 atom stereocenters. The minimum Gasteiger partial charge on any atom is -0.381 e. The lowest BCUT2D eigenvalue weighted by molar-refractivity contribution is 0.0615. The molecule has 4 rings (SSSR count). The Morgan fingerprint density at radius 1 is 1.29 bits per heavy atom. The van der Waals surface area contributed by atoms with E-state index in [9.17, 15) is 0 Å². The second-order valence-electron chi connectivity index (χ2n) is 5.63. The van der Waals surface area contributed by atoms with E-state index in [-0.39, 0.29) is 0 Å². The highest BCUT2D eigenvalue weighted by Gasteiger charge is 2.17. The van der Waals surface area contributed by atoms with Crippen molar-refractivity contribution in [2.24, 2.45) is 5.92 Å². The second kappa shape index (κ2) is 5.24. The summed E-state index contributed by atoms with van der Waals surface area (Å²) >= 11 is 5.53. The van der Waals surface area contributed by atoms with E-state index in [1.165, 1.54) is 5.52 Å². The van der Waals surface area contributed by atoms with E-state index in [4.69, 9.17) is 17.0 Å². The summed E-state index contributed by atoms with van der Waals surface area (Å²) in [5.74, 6) is 0.636. The molecule has 0 spiro atoms. The van der Waals surface area contributed by atoms with Crippen molar-refractivity contribution in [1.82, 2.24) is 14.5 Å². The summed E-state index contributed by atoms with van der Waals surface area (Å²) in [5, 5.41) is 1.16. The Labute approximate surface area is 127 Å². The predicted molar refractivity (Wildman–Crippen MR) is 86.0 cm³/mol. The molecule has 1 aliphatic rings. The van der Waals surface area contributed by atoms with Gasteiger partial charge in [0.25, 0.3) is 0 Å². The average molecular weight is 299 g/mol. The molecule has 1 saturated heterocycles. The normalized spacial score (nSPS) is 16.8. The standard InChI is InChI=1S/C16H17N3OS/c21-16-18-14-9-17-13-4-2-1-3-12(13)15(14)19(16)10-11-5-7-20-8-6-11/h1-4,9,11H,5-8,10H2,(H,18,21). The Bertz CT molecular complexity index is 845. The van der Waals surface area contributed by atoms with Gasteiger partial charge in [0.2, 0.25) is 0 Å². The van der Waals surface area contributed by atoms with Crippen LogP contribution in [0.1, 0.15) is 12.8 Å². The summed E-state index contributed by atoms with van der Waals surface area (Å²) in [6.07, 6.45) is 4.10. The van der Waals surface area contributed by atoms with Crippen LogP contribution in [0.4, 0.5) is 0 Å². The summed E-state index contributed by atoms with van der Waals surface area (Å²) in [6.45, 7) is 2.68. The topological polar surface area (TPSA) is 42.8 Å². The number of hydrogen-bond acceptors (Lipinski definition) is 3. The van der Waals surface area contributed by atoms with Crippen LogP contribution < -0.4 is 0 Å². The van der Waals surface area contributed by atoms with E-state index >= 15 is 0 Å². The first-order valence-electron chi connectivity index (χ1n) is 7.37. The van der Waals surface area contributed by atoms with Crippen LogP contribution in [-0.2, 0) is 11.3 Å². The monoisotopic (exact) mass is 299 g/mol. The quantitative estimate of drug-likeness (QED) is 0.734. The highest BCUT2D eigenvalue weighted by molar-refractivity contribution is 7.71. The number of ether oxygens (including phenoxy) is 1. The summed E-state index contributed by atoms with van der Waals surface area (Å²) < 4.78 is 8.48. The van der Waals surface area contributed by atoms with Gasteiger partial charge in [-0.2, -0.15) is 0 Å². The predicted octanol–water partition coefficient (Wildman–Crippen LogP) is 3.67. The van der Waals surface area contributed by atoms with Crippen LogP contribution in [0.5, 0.6) is 0 Å². The maximum atomic E-state index is 5.53. The molecule has 2 aromatic heterocycles. The van der Waals surface area contributed by atoms with E-state index in [0.717, 1.165) is 53.8 Å². The SMILES string of the molecule is S=c1[nH]c2cnc3ccccc3c2n1CC1CCOCC1. The van der Waals surface area contributed by atoms with Gasteiger partial charge in [-0.3, -0.25) is 4.98 Å². The average Bonchev–Trinajstić information content (AvgIpc) is 2.85. The van der Waals surface area contributed by atoms with E-state index in [0.29, 0.717) is 5.92 Å². The fraction of sp³-hybridized carbons (Fsp3) is 0.375. The lowest BCUT2D eigenvalue weighted by atomic mass is 10.0. The number of pyridine rings is 1. The van der Waals surface area contributed by atoms with Gasteiger partial charge in [0, 0.05) is 25.1 Å². The third kappa shape index (κ3) is 2.26. The molecule has 1 fully saturated rings. The van der Waals surface area contributed by atoms with Crippen molar-refractivity contribution in [3.8, 4) is 0 Å². The summed E-state index contributed by atoms with van der Waals surface area (Å²) in [7, 11) is 0. The third-order valence-corrected chi connectivity index (χ3v) is 4.61. The third-order valence-electron chi connectivity index (χ3n) is 4.29. The number of rotatable bonds is 2. The van der Waals surface area contributed by atoms with Gasteiger partial charge in [-0.25, -0.2) is 0 Å². The summed E-state index contributed by atoms with van der Waals surface area (Å²) in [5.41, 5.74) is 3.21. The number of benzene rings is 1. The molecule has 21 heavy (non-hydrogen) atoms. The number of nitrogens with zero attached hydrogens (tertiary/aromatic N) is 2. The van der Waals surface area contributed by atoms with Crippen molar-refractivity contribution in [3.05, 3.63) is 35.2 Å². The first-order chi connectivity index (χ1) is 10.3. The first-order valence-corrected chi connectivity index (χ1v) is 7.78. The number of fused-ring (bicyclic) bond motifs is 3. The van der Waals surface area contributed by atoms with Crippen LogP contribution in [0.15, 0.2) is 30.5 Å². The van der Waals surface area contributed by atoms with Gasteiger partial charge in [0.15, 0.2) is 4.77 Å². The van der Waals surface area contributed by atoms with E-state index < -0.39 is 0 Å². The molecule has 5 heteroatoms. The van der Waals surface area contributed by atoms with Gasteiger partial charge >= 0.3 is 0 Å². The van der Waals surface area contributed by atoms with Crippen LogP contribution in [-0.4, -0.2) is 27.7 Å². The van der Waals surface area contributed by atoms with Gasteiger partial charge in [-0.05, 0) is 37.0 Å². The first kappa shape index (κ1) is 13.0. The smallest absolute Gasteiger partial charge is 0.178 e. The molecule has 0 bridgehead atoms. The van der Waals surface area contributed by atoms with Crippen LogP contribution in [0, 0.1) is 10.7 Å². The molecule has 0 unspecified atom stereocenters. The number of imidazole rings is 1. The van der Waals surface area contributed by atoms with Crippen molar-refractivity contribution in [1.29, 1.82) is 0 Å². The molecule has 4 nitrogen and oxygen atoms in total. The highest BCUT2D eigenvalue weighted by Crippen LogP contribution is 2.26. The number of H-pyrrole nitrogens is 1. The lowest BCUT2D eigenvalue weighted by Gasteiger charge is -2.22. The molecule has 3 heterocycles. The van der Waals surface area contributed by atoms with Gasteiger partial charge in [-0.15, -0.1) is 0 Å². The number of aromatic nitrogens is 3. The molecule has 108 valence electrons.